The van der Waals surface area contributed by atoms with Crippen LogP contribution in [0.4, 0.5) is 4.39 Å². The van der Waals surface area contributed by atoms with E-state index in [2.05, 4.69) is 10.1 Å². The van der Waals surface area contributed by atoms with Gasteiger partial charge in [0.05, 0.1) is 0 Å². The van der Waals surface area contributed by atoms with Crippen molar-refractivity contribution in [2.24, 2.45) is 5.73 Å². The average Bonchev–Trinajstić information content (AvgIpc) is 2.84. The summed E-state index contributed by atoms with van der Waals surface area (Å²) in [6.07, 6.45) is 3.22. The van der Waals surface area contributed by atoms with Gasteiger partial charge in [-0.15, -0.1) is 0 Å². The summed E-state index contributed by atoms with van der Waals surface area (Å²) in [7, 11) is 0. The van der Waals surface area contributed by atoms with E-state index < -0.39 is 11.5 Å². The molecule has 0 aliphatic rings. The minimum absolute atomic E-state index is 0.281. The molecule has 0 radical (unpaired) electrons. The van der Waals surface area contributed by atoms with Gasteiger partial charge in [-0.25, -0.2) is 13.9 Å². The first-order chi connectivity index (χ1) is 9.47. The number of nitrogens with two attached hydrogens (primary N) is 1. The van der Waals surface area contributed by atoms with Crippen molar-refractivity contribution < 1.29 is 9.50 Å². The number of imidazole rings is 1. The summed E-state index contributed by atoms with van der Waals surface area (Å²) >= 11 is 0. The molecule has 6 heteroatoms. The molecule has 1 aromatic carbocycles. The Morgan fingerprint density at radius 3 is 2.80 bits per heavy atom. The molecule has 0 bridgehead atoms. The van der Waals surface area contributed by atoms with E-state index in [0.717, 1.165) is 0 Å². The maximum atomic E-state index is 14.0. The van der Waals surface area contributed by atoms with Crippen LogP contribution in [0.5, 0.6) is 0 Å². The van der Waals surface area contributed by atoms with Crippen LogP contribution in [-0.2, 0) is 5.72 Å². The van der Waals surface area contributed by atoms with Crippen molar-refractivity contribution in [1.29, 1.82) is 0 Å². The van der Waals surface area contributed by atoms with Crippen LogP contribution >= 0.6 is 0 Å². The van der Waals surface area contributed by atoms with Crippen LogP contribution in [0.25, 0.3) is 16.9 Å². The highest BCUT2D eigenvalue weighted by molar-refractivity contribution is 5.66. The number of halogens is 1. The number of hydrogen-bond acceptors (Lipinski definition) is 4. The molecule has 5 nitrogen and oxygen atoms in total. The lowest BCUT2D eigenvalue weighted by Crippen LogP contribution is -2.33. The first-order valence-corrected chi connectivity index (χ1v) is 6.08. The second-order valence-electron chi connectivity index (χ2n) is 4.76. The van der Waals surface area contributed by atoms with Gasteiger partial charge in [0.2, 0.25) is 0 Å². The molecular weight excluding hydrogens is 259 g/mol. The predicted octanol–water partition coefficient (Wildman–Crippen LogP) is 1.66. The fraction of sp³-hybridized carbons (Fsp3) is 0.143. The monoisotopic (exact) mass is 272 g/mol. The third-order valence-electron chi connectivity index (χ3n) is 3.06. The lowest BCUT2D eigenvalue weighted by molar-refractivity contribution is 0.0649. The van der Waals surface area contributed by atoms with E-state index >= 15 is 0 Å². The zero-order valence-corrected chi connectivity index (χ0v) is 10.8. The number of hydrogen-bond donors (Lipinski definition) is 2. The highest BCUT2D eigenvalue weighted by Gasteiger charge is 2.25. The van der Waals surface area contributed by atoms with E-state index in [4.69, 9.17) is 5.73 Å². The molecule has 0 saturated carbocycles. The fourth-order valence-corrected chi connectivity index (χ4v) is 2.09. The van der Waals surface area contributed by atoms with Crippen molar-refractivity contribution in [1.82, 2.24) is 14.6 Å². The summed E-state index contributed by atoms with van der Waals surface area (Å²) in [5.41, 5.74) is 5.55. The van der Waals surface area contributed by atoms with Crippen LogP contribution in [0.15, 0.2) is 42.7 Å². The van der Waals surface area contributed by atoms with Crippen LogP contribution in [0.1, 0.15) is 12.5 Å². The molecule has 0 saturated heterocycles. The number of nitrogens with zero attached hydrogens (tertiary/aromatic N) is 3. The van der Waals surface area contributed by atoms with Gasteiger partial charge in [0.25, 0.3) is 0 Å². The summed E-state index contributed by atoms with van der Waals surface area (Å²) in [5, 5.41) is 14.4. The summed E-state index contributed by atoms with van der Waals surface area (Å²) in [6.45, 7) is 1.42. The maximum Gasteiger partial charge on any atom is 0.153 e. The van der Waals surface area contributed by atoms with E-state index in [1.807, 2.05) is 0 Å². The van der Waals surface area contributed by atoms with Gasteiger partial charge in [0, 0.05) is 23.5 Å². The second kappa shape index (κ2) is 4.36. The van der Waals surface area contributed by atoms with E-state index in [1.54, 1.807) is 36.7 Å². The molecule has 0 spiro atoms. The van der Waals surface area contributed by atoms with Gasteiger partial charge in [-0.1, -0.05) is 12.1 Å². The Labute approximate surface area is 114 Å². The van der Waals surface area contributed by atoms with E-state index in [0.29, 0.717) is 16.9 Å². The third-order valence-corrected chi connectivity index (χ3v) is 3.06. The molecule has 20 heavy (non-hydrogen) atoms. The van der Waals surface area contributed by atoms with Crippen molar-refractivity contribution in [2.75, 3.05) is 0 Å². The van der Waals surface area contributed by atoms with E-state index in [1.165, 1.54) is 17.5 Å². The molecule has 0 fully saturated rings. The second-order valence-corrected chi connectivity index (χ2v) is 4.76. The van der Waals surface area contributed by atoms with E-state index in [9.17, 15) is 9.50 Å². The maximum absolute atomic E-state index is 14.0. The zero-order valence-electron chi connectivity index (χ0n) is 10.8. The Hall–Kier alpha value is -2.31. The Morgan fingerprint density at radius 1 is 1.35 bits per heavy atom. The molecule has 2 heterocycles. The molecule has 1 unspecified atom stereocenters. The molecule has 3 aromatic rings. The van der Waals surface area contributed by atoms with Gasteiger partial charge < -0.3 is 5.11 Å². The fourth-order valence-electron chi connectivity index (χ4n) is 2.09. The molecule has 102 valence electrons. The Balaban J connectivity index is 2.35. The SMILES string of the molecule is CC(N)(O)c1cc2nccn2nc1-c1ccccc1F. The summed E-state index contributed by atoms with van der Waals surface area (Å²) in [5.74, 6) is -0.426. The predicted molar refractivity (Wildman–Crippen MR) is 72.1 cm³/mol. The lowest BCUT2D eigenvalue weighted by atomic mass is 9.99. The minimum Gasteiger partial charge on any atom is -0.372 e. The lowest BCUT2D eigenvalue weighted by Gasteiger charge is -2.21. The van der Waals surface area contributed by atoms with Crippen molar-refractivity contribution in [3.63, 3.8) is 0 Å². The minimum atomic E-state index is -1.64. The quantitative estimate of drug-likeness (QED) is 0.696. The Morgan fingerprint density at radius 2 is 2.10 bits per heavy atom. The van der Waals surface area contributed by atoms with Crippen molar-refractivity contribution in [3.05, 3.63) is 54.1 Å². The number of rotatable bonds is 2. The molecule has 2 aromatic heterocycles. The normalized spacial score (nSPS) is 14.4. The van der Waals surface area contributed by atoms with Crippen LogP contribution in [0, 0.1) is 5.82 Å². The van der Waals surface area contributed by atoms with Crippen LogP contribution in [-0.4, -0.2) is 19.7 Å². The summed E-state index contributed by atoms with van der Waals surface area (Å²) in [6, 6.07) is 7.83. The number of fused-ring (bicyclic) bond motifs is 1. The van der Waals surface area contributed by atoms with Crippen LogP contribution in [0.2, 0.25) is 0 Å². The number of aliphatic hydroxyl groups is 1. The smallest absolute Gasteiger partial charge is 0.153 e. The first-order valence-electron chi connectivity index (χ1n) is 6.08. The van der Waals surface area contributed by atoms with Crippen LogP contribution in [0.3, 0.4) is 0 Å². The van der Waals surface area contributed by atoms with Crippen molar-refractivity contribution >= 4 is 5.65 Å². The molecule has 0 amide bonds. The molecule has 1 atom stereocenters. The number of aromatic nitrogens is 3. The van der Waals surface area contributed by atoms with Gasteiger partial charge in [-0.05, 0) is 25.1 Å². The van der Waals surface area contributed by atoms with Crippen molar-refractivity contribution in [2.45, 2.75) is 12.6 Å². The van der Waals surface area contributed by atoms with Gasteiger partial charge in [-0.2, -0.15) is 5.10 Å². The van der Waals surface area contributed by atoms with Gasteiger partial charge >= 0.3 is 0 Å². The standard InChI is InChI=1S/C14H13FN4O/c1-14(16,20)10-8-12-17-6-7-19(12)18-13(10)9-4-2-3-5-11(9)15/h2-8,20H,16H2,1H3. The topological polar surface area (TPSA) is 76.4 Å². The van der Waals surface area contributed by atoms with E-state index in [-0.39, 0.29) is 5.56 Å². The molecule has 0 aliphatic heterocycles. The third kappa shape index (κ3) is 2.04. The average molecular weight is 272 g/mol. The zero-order chi connectivity index (χ0) is 14.3. The largest absolute Gasteiger partial charge is 0.372 e. The first kappa shape index (κ1) is 12.7. The van der Waals surface area contributed by atoms with Gasteiger partial charge in [-0.3, -0.25) is 5.73 Å². The highest BCUT2D eigenvalue weighted by Crippen LogP contribution is 2.29. The molecule has 3 rings (SSSR count). The summed E-state index contributed by atoms with van der Waals surface area (Å²) in [4.78, 5) is 4.09. The Kier molecular flexibility index (Phi) is 2.77. The van der Waals surface area contributed by atoms with Crippen molar-refractivity contribution in [3.8, 4) is 11.3 Å². The molecule has 0 aliphatic carbocycles. The Bertz CT molecular complexity index is 776. The molecule has 3 N–H and O–H groups in total. The van der Waals surface area contributed by atoms with Gasteiger partial charge in [0.15, 0.2) is 5.65 Å². The van der Waals surface area contributed by atoms with Crippen LogP contribution < -0.4 is 5.73 Å². The highest BCUT2D eigenvalue weighted by atomic mass is 19.1. The van der Waals surface area contributed by atoms with Gasteiger partial charge in [0.1, 0.15) is 17.2 Å². The number of benzene rings is 1. The molecular formula is C14H13FN4O. The summed E-state index contributed by atoms with van der Waals surface area (Å²) < 4.78 is 15.5.